The monoisotopic (exact) mass is 301 g/mol. The molecule has 0 saturated heterocycles. The highest BCUT2D eigenvalue weighted by Gasteiger charge is 2.15. The van der Waals surface area contributed by atoms with Gasteiger partial charge in [0.2, 0.25) is 10.0 Å². The van der Waals surface area contributed by atoms with Crippen molar-refractivity contribution in [3.05, 3.63) is 18.2 Å². The number of carbonyl (C=O) groups excluding carboxylic acids is 1. The molecule has 0 radical (unpaired) electrons. The Labute approximate surface area is 118 Å². The molecule has 1 aromatic carbocycles. The molecule has 112 valence electrons. The van der Waals surface area contributed by atoms with Crippen LogP contribution in [0.3, 0.4) is 0 Å². The predicted octanol–water partition coefficient (Wildman–Crippen LogP) is 0.542. The molecule has 0 aliphatic heterocycles. The molecule has 0 aliphatic rings. The second-order valence-corrected chi connectivity index (χ2v) is 5.80. The lowest BCUT2D eigenvalue weighted by Crippen LogP contribution is -2.20. The van der Waals surface area contributed by atoms with Gasteiger partial charge in [-0.15, -0.1) is 0 Å². The zero-order valence-corrected chi connectivity index (χ0v) is 12.3. The van der Waals surface area contributed by atoms with Crippen molar-refractivity contribution >= 4 is 27.4 Å². The minimum absolute atomic E-state index is 0.0240. The Bertz CT molecular complexity index is 572. The van der Waals surface area contributed by atoms with Crippen LogP contribution in [0, 0.1) is 0 Å². The zero-order valence-electron chi connectivity index (χ0n) is 11.5. The smallest absolute Gasteiger partial charge is 0.307 e. The normalized spacial score (nSPS) is 11.1. The van der Waals surface area contributed by atoms with Gasteiger partial charge in [0.05, 0.1) is 18.7 Å². The summed E-state index contributed by atoms with van der Waals surface area (Å²) in [6, 6.07) is 4.51. The Morgan fingerprint density at radius 3 is 2.65 bits per heavy atom. The summed E-state index contributed by atoms with van der Waals surface area (Å²) >= 11 is 0. The molecule has 7 nitrogen and oxygen atoms in total. The van der Waals surface area contributed by atoms with E-state index in [0.29, 0.717) is 18.8 Å². The van der Waals surface area contributed by atoms with E-state index in [2.05, 4.69) is 10.0 Å². The van der Waals surface area contributed by atoms with E-state index < -0.39 is 10.0 Å². The average Bonchev–Trinajstić information content (AvgIpc) is 2.39. The highest BCUT2D eigenvalue weighted by atomic mass is 32.2. The summed E-state index contributed by atoms with van der Waals surface area (Å²) in [5, 5.41) is 2.98. The summed E-state index contributed by atoms with van der Waals surface area (Å²) in [7, 11) is -2.24. The van der Waals surface area contributed by atoms with Crippen LogP contribution in [0.1, 0.15) is 13.3 Å². The number of hydrogen-bond donors (Lipinski definition) is 3. The molecule has 0 atom stereocenters. The topological polar surface area (TPSA) is 111 Å². The lowest BCUT2D eigenvalue weighted by atomic mass is 10.2. The number of carbonyl (C=O) groups is 1. The van der Waals surface area contributed by atoms with Gasteiger partial charge in [-0.3, -0.25) is 4.79 Å². The van der Waals surface area contributed by atoms with Crippen LogP contribution in [-0.2, 0) is 19.6 Å². The molecule has 0 spiro atoms. The van der Waals surface area contributed by atoms with Crippen LogP contribution in [0.5, 0.6) is 0 Å². The number of esters is 1. The molecule has 0 heterocycles. The number of nitrogens with two attached hydrogens (primary N) is 1. The van der Waals surface area contributed by atoms with Gasteiger partial charge in [0.1, 0.15) is 4.90 Å². The molecule has 8 heteroatoms. The highest BCUT2D eigenvalue weighted by Crippen LogP contribution is 2.22. The number of nitrogens with one attached hydrogen (secondary N) is 2. The number of anilines is 2. The summed E-state index contributed by atoms with van der Waals surface area (Å²) in [4.78, 5) is 11.2. The van der Waals surface area contributed by atoms with Crippen LogP contribution in [0.15, 0.2) is 23.1 Å². The molecule has 0 saturated carbocycles. The van der Waals surface area contributed by atoms with Crippen molar-refractivity contribution in [3.8, 4) is 0 Å². The maximum atomic E-state index is 11.6. The molecular formula is C12H19N3O4S. The number of sulfonamides is 1. The van der Waals surface area contributed by atoms with Crippen molar-refractivity contribution in [2.24, 2.45) is 0 Å². The predicted molar refractivity (Wildman–Crippen MR) is 76.8 cm³/mol. The molecule has 0 amide bonds. The highest BCUT2D eigenvalue weighted by molar-refractivity contribution is 7.89. The van der Waals surface area contributed by atoms with Crippen LogP contribution in [0.4, 0.5) is 11.4 Å². The third kappa shape index (κ3) is 4.39. The van der Waals surface area contributed by atoms with E-state index in [4.69, 9.17) is 10.5 Å². The van der Waals surface area contributed by atoms with E-state index >= 15 is 0 Å². The largest absolute Gasteiger partial charge is 0.466 e. The molecular weight excluding hydrogens is 282 g/mol. The van der Waals surface area contributed by atoms with E-state index in [-0.39, 0.29) is 23.0 Å². The van der Waals surface area contributed by atoms with Crippen LogP contribution in [0.25, 0.3) is 0 Å². The Kier molecular flexibility index (Phi) is 5.78. The number of rotatable bonds is 7. The van der Waals surface area contributed by atoms with E-state index in [1.807, 2.05) is 0 Å². The molecule has 0 aliphatic carbocycles. The molecule has 0 bridgehead atoms. The Balaban J connectivity index is 2.67. The lowest BCUT2D eigenvalue weighted by Gasteiger charge is -2.10. The minimum atomic E-state index is -3.56. The van der Waals surface area contributed by atoms with E-state index in [9.17, 15) is 13.2 Å². The van der Waals surface area contributed by atoms with Gasteiger partial charge < -0.3 is 15.8 Å². The first-order valence-electron chi connectivity index (χ1n) is 6.13. The van der Waals surface area contributed by atoms with Crippen LogP contribution < -0.4 is 15.8 Å². The third-order valence-electron chi connectivity index (χ3n) is 2.53. The van der Waals surface area contributed by atoms with Crippen molar-refractivity contribution in [1.29, 1.82) is 0 Å². The Morgan fingerprint density at radius 2 is 2.10 bits per heavy atom. The van der Waals surface area contributed by atoms with Crippen molar-refractivity contribution in [2.75, 3.05) is 31.2 Å². The Hall–Kier alpha value is -1.80. The van der Waals surface area contributed by atoms with Gasteiger partial charge in [0.15, 0.2) is 0 Å². The van der Waals surface area contributed by atoms with E-state index in [1.165, 1.54) is 19.2 Å². The molecule has 0 unspecified atom stereocenters. The molecule has 0 fully saturated rings. The van der Waals surface area contributed by atoms with Crippen LogP contribution in [0.2, 0.25) is 0 Å². The van der Waals surface area contributed by atoms with Crippen LogP contribution >= 0.6 is 0 Å². The maximum Gasteiger partial charge on any atom is 0.307 e. The Morgan fingerprint density at radius 1 is 1.40 bits per heavy atom. The van der Waals surface area contributed by atoms with Gasteiger partial charge in [-0.05, 0) is 32.2 Å². The SMILES string of the molecule is CCOC(=O)CCNc1ccc(S(=O)(=O)NC)c(N)c1. The maximum absolute atomic E-state index is 11.6. The van der Waals surface area contributed by atoms with Crippen LogP contribution in [-0.4, -0.2) is 34.6 Å². The minimum Gasteiger partial charge on any atom is -0.466 e. The first kappa shape index (κ1) is 16.3. The van der Waals surface area contributed by atoms with Gasteiger partial charge in [0, 0.05) is 12.2 Å². The van der Waals surface area contributed by atoms with Crippen molar-refractivity contribution in [1.82, 2.24) is 4.72 Å². The second kappa shape index (κ2) is 7.11. The molecule has 20 heavy (non-hydrogen) atoms. The summed E-state index contributed by atoms with van der Waals surface area (Å²) in [5.41, 5.74) is 6.49. The van der Waals surface area contributed by atoms with Crippen molar-refractivity contribution in [2.45, 2.75) is 18.2 Å². The van der Waals surface area contributed by atoms with Crippen molar-refractivity contribution < 1.29 is 17.9 Å². The first-order chi connectivity index (χ1) is 9.40. The molecule has 1 aromatic rings. The summed E-state index contributed by atoms with van der Waals surface area (Å²) in [6.07, 6.45) is 0.226. The molecule has 0 aromatic heterocycles. The van der Waals surface area contributed by atoms with Gasteiger partial charge in [-0.2, -0.15) is 0 Å². The quantitative estimate of drug-likeness (QED) is 0.501. The number of nitrogen functional groups attached to an aromatic ring is 1. The number of hydrogen-bond acceptors (Lipinski definition) is 6. The fourth-order valence-corrected chi connectivity index (χ4v) is 2.39. The first-order valence-corrected chi connectivity index (χ1v) is 7.61. The average molecular weight is 301 g/mol. The van der Waals surface area contributed by atoms with Gasteiger partial charge in [-0.25, -0.2) is 13.1 Å². The molecule has 4 N–H and O–H groups in total. The van der Waals surface area contributed by atoms with Crippen molar-refractivity contribution in [3.63, 3.8) is 0 Å². The third-order valence-corrected chi connectivity index (χ3v) is 4.02. The molecule has 1 rings (SSSR count). The summed E-state index contributed by atoms with van der Waals surface area (Å²) in [5.74, 6) is -0.289. The van der Waals surface area contributed by atoms with E-state index in [1.54, 1.807) is 13.0 Å². The van der Waals surface area contributed by atoms with Gasteiger partial charge in [-0.1, -0.05) is 0 Å². The zero-order chi connectivity index (χ0) is 15.2. The number of ether oxygens (including phenoxy) is 1. The summed E-state index contributed by atoms with van der Waals surface area (Å²) < 4.78 is 30.3. The van der Waals surface area contributed by atoms with Gasteiger partial charge in [0.25, 0.3) is 0 Å². The second-order valence-electron chi connectivity index (χ2n) is 3.94. The fourth-order valence-electron chi connectivity index (χ4n) is 1.56. The number of benzene rings is 1. The van der Waals surface area contributed by atoms with E-state index in [0.717, 1.165) is 0 Å². The lowest BCUT2D eigenvalue weighted by molar-refractivity contribution is -0.142. The fraction of sp³-hybridized carbons (Fsp3) is 0.417. The van der Waals surface area contributed by atoms with Gasteiger partial charge >= 0.3 is 5.97 Å². The summed E-state index contributed by atoms with van der Waals surface area (Å²) in [6.45, 7) is 2.48. The standard InChI is InChI=1S/C12H19N3O4S/c1-3-19-12(16)6-7-15-9-4-5-11(10(13)8-9)20(17,18)14-2/h4-5,8,14-15H,3,6-7,13H2,1-2H3.